The topological polar surface area (TPSA) is 37.3 Å². The molecule has 0 radical (unpaired) electrons. The van der Waals surface area contributed by atoms with Crippen molar-refractivity contribution in [3.8, 4) is 0 Å². The van der Waals surface area contributed by atoms with E-state index in [1.807, 2.05) is 0 Å². The van der Waals surface area contributed by atoms with Crippen LogP contribution in [0.25, 0.3) is 0 Å². The minimum Gasteiger partial charge on any atom is -0.481 e. The SMILES string of the molecule is CC(C(=O)O)C(C)c1ccc(F)c(F)c1F. The molecule has 1 aromatic rings. The van der Waals surface area contributed by atoms with Crippen molar-refractivity contribution < 1.29 is 23.1 Å². The fourth-order valence-electron chi connectivity index (χ4n) is 1.38. The number of carboxylic acids is 1. The first kappa shape index (κ1) is 12.5. The second-order valence-electron chi connectivity index (χ2n) is 3.68. The second-order valence-corrected chi connectivity index (χ2v) is 3.68. The summed E-state index contributed by atoms with van der Waals surface area (Å²) in [6, 6.07) is 1.86. The first-order valence-corrected chi connectivity index (χ1v) is 4.72. The van der Waals surface area contributed by atoms with E-state index in [4.69, 9.17) is 5.11 Å². The maximum absolute atomic E-state index is 13.3. The van der Waals surface area contributed by atoms with Crippen molar-refractivity contribution >= 4 is 5.97 Å². The Morgan fingerprint density at radius 2 is 1.75 bits per heavy atom. The predicted molar refractivity (Wildman–Crippen MR) is 51.5 cm³/mol. The Morgan fingerprint density at radius 1 is 1.19 bits per heavy atom. The highest BCUT2D eigenvalue weighted by Gasteiger charge is 2.25. The van der Waals surface area contributed by atoms with Crippen LogP contribution in [0, 0.1) is 23.4 Å². The third kappa shape index (κ3) is 2.18. The van der Waals surface area contributed by atoms with Gasteiger partial charge in [0, 0.05) is 0 Å². The molecular formula is C11H11F3O2. The van der Waals surface area contributed by atoms with Crippen molar-refractivity contribution in [3.05, 3.63) is 35.1 Å². The molecule has 88 valence electrons. The standard InChI is InChI=1S/C11H11F3O2/c1-5(6(2)11(15)16)7-3-4-8(12)10(14)9(7)13/h3-6H,1-2H3,(H,15,16). The minimum absolute atomic E-state index is 0.131. The lowest BCUT2D eigenvalue weighted by atomic mass is 9.88. The van der Waals surface area contributed by atoms with Gasteiger partial charge < -0.3 is 5.11 Å². The van der Waals surface area contributed by atoms with Gasteiger partial charge in [0.05, 0.1) is 5.92 Å². The largest absolute Gasteiger partial charge is 0.481 e. The van der Waals surface area contributed by atoms with Gasteiger partial charge in [0.2, 0.25) is 0 Å². The minimum atomic E-state index is -1.57. The number of aliphatic carboxylic acids is 1. The van der Waals surface area contributed by atoms with Crippen LogP contribution in [0.3, 0.4) is 0 Å². The number of carbonyl (C=O) groups is 1. The molecule has 0 spiro atoms. The van der Waals surface area contributed by atoms with E-state index in [1.54, 1.807) is 0 Å². The van der Waals surface area contributed by atoms with Gasteiger partial charge in [0.1, 0.15) is 0 Å². The molecule has 5 heteroatoms. The van der Waals surface area contributed by atoms with Gasteiger partial charge in [0.15, 0.2) is 17.5 Å². The first-order valence-electron chi connectivity index (χ1n) is 4.72. The predicted octanol–water partition coefficient (Wildman–Crippen LogP) is 2.93. The lowest BCUT2D eigenvalue weighted by Gasteiger charge is -2.17. The Balaban J connectivity index is 3.14. The van der Waals surface area contributed by atoms with Crippen LogP contribution in [-0.2, 0) is 4.79 Å². The van der Waals surface area contributed by atoms with Crippen LogP contribution in [-0.4, -0.2) is 11.1 Å². The summed E-state index contributed by atoms with van der Waals surface area (Å²) in [5, 5.41) is 8.74. The zero-order valence-electron chi connectivity index (χ0n) is 8.80. The third-order valence-electron chi connectivity index (χ3n) is 2.70. The highest BCUT2D eigenvalue weighted by atomic mass is 19.2. The highest BCUT2D eigenvalue weighted by molar-refractivity contribution is 5.70. The van der Waals surface area contributed by atoms with Crippen LogP contribution < -0.4 is 0 Å². The quantitative estimate of drug-likeness (QED) is 0.813. The van der Waals surface area contributed by atoms with Gasteiger partial charge in [-0.2, -0.15) is 0 Å². The smallest absolute Gasteiger partial charge is 0.306 e. The Bertz CT molecular complexity index is 418. The third-order valence-corrected chi connectivity index (χ3v) is 2.70. The molecule has 1 N–H and O–H groups in total. The number of hydrogen-bond donors (Lipinski definition) is 1. The van der Waals surface area contributed by atoms with Crippen molar-refractivity contribution in [2.45, 2.75) is 19.8 Å². The molecule has 0 heterocycles. The van der Waals surface area contributed by atoms with Crippen molar-refractivity contribution in [2.75, 3.05) is 0 Å². The molecule has 16 heavy (non-hydrogen) atoms. The lowest BCUT2D eigenvalue weighted by molar-refractivity contribution is -0.141. The van der Waals surface area contributed by atoms with Gasteiger partial charge in [-0.3, -0.25) is 4.79 Å². The van der Waals surface area contributed by atoms with E-state index in [1.165, 1.54) is 13.8 Å². The van der Waals surface area contributed by atoms with E-state index in [0.29, 0.717) is 0 Å². The summed E-state index contributed by atoms with van der Waals surface area (Å²) in [6.45, 7) is 2.84. The molecular weight excluding hydrogens is 221 g/mol. The molecule has 0 fully saturated rings. The molecule has 2 unspecified atom stereocenters. The average Bonchev–Trinajstić information content (AvgIpc) is 2.24. The van der Waals surface area contributed by atoms with Gasteiger partial charge in [-0.05, 0) is 17.5 Å². The first-order chi connectivity index (χ1) is 7.36. The monoisotopic (exact) mass is 232 g/mol. The molecule has 1 aromatic carbocycles. The number of rotatable bonds is 3. The Kier molecular flexibility index (Phi) is 3.57. The van der Waals surface area contributed by atoms with Crippen LogP contribution in [0.4, 0.5) is 13.2 Å². The molecule has 2 atom stereocenters. The molecule has 0 aromatic heterocycles. The summed E-state index contributed by atoms with van der Waals surface area (Å²) in [5.41, 5.74) is -0.131. The van der Waals surface area contributed by atoms with Gasteiger partial charge in [0.25, 0.3) is 0 Å². The van der Waals surface area contributed by atoms with Crippen molar-refractivity contribution in [1.29, 1.82) is 0 Å². The molecule has 0 bridgehead atoms. The maximum Gasteiger partial charge on any atom is 0.306 e. The number of carboxylic acid groups (broad SMARTS) is 1. The van der Waals surface area contributed by atoms with E-state index in [-0.39, 0.29) is 5.56 Å². The maximum atomic E-state index is 13.3. The highest BCUT2D eigenvalue weighted by Crippen LogP contribution is 2.28. The van der Waals surface area contributed by atoms with Gasteiger partial charge in [-0.25, -0.2) is 13.2 Å². The summed E-state index contributed by atoms with van der Waals surface area (Å²) < 4.78 is 38.9. The fraction of sp³-hybridized carbons (Fsp3) is 0.364. The van der Waals surface area contributed by atoms with Crippen LogP contribution in [0.2, 0.25) is 0 Å². The Morgan fingerprint density at radius 3 is 2.25 bits per heavy atom. The van der Waals surface area contributed by atoms with E-state index in [9.17, 15) is 18.0 Å². The average molecular weight is 232 g/mol. The summed E-state index contributed by atoms with van der Waals surface area (Å²) >= 11 is 0. The number of halogens is 3. The summed E-state index contributed by atoms with van der Waals surface area (Å²) in [5.74, 6) is -6.89. The van der Waals surface area contributed by atoms with Crippen molar-refractivity contribution in [3.63, 3.8) is 0 Å². The van der Waals surface area contributed by atoms with E-state index >= 15 is 0 Å². The van der Waals surface area contributed by atoms with Crippen molar-refractivity contribution in [2.24, 2.45) is 5.92 Å². The van der Waals surface area contributed by atoms with E-state index in [0.717, 1.165) is 12.1 Å². The van der Waals surface area contributed by atoms with Crippen LogP contribution >= 0.6 is 0 Å². The van der Waals surface area contributed by atoms with Crippen molar-refractivity contribution in [1.82, 2.24) is 0 Å². The molecule has 0 aliphatic rings. The normalized spacial score (nSPS) is 14.6. The molecule has 1 rings (SSSR count). The van der Waals surface area contributed by atoms with E-state index in [2.05, 4.69) is 0 Å². The zero-order chi connectivity index (χ0) is 12.5. The second kappa shape index (κ2) is 4.55. The molecule has 0 saturated carbocycles. The Hall–Kier alpha value is -1.52. The molecule has 0 aliphatic carbocycles. The summed E-state index contributed by atoms with van der Waals surface area (Å²) in [7, 11) is 0. The number of benzene rings is 1. The number of hydrogen-bond acceptors (Lipinski definition) is 1. The summed E-state index contributed by atoms with van der Waals surface area (Å²) in [4.78, 5) is 10.7. The molecule has 0 amide bonds. The van der Waals surface area contributed by atoms with Crippen LogP contribution in [0.15, 0.2) is 12.1 Å². The lowest BCUT2D eigenvalue weighted by Crippen LogP contribution is -2.18. The van der Waals surface area contributed by atoms with Crippen LogP contribution in [0.1, 0.15) is 25.3 Å². The van der Waals surface area contributed by atoms with Gasteiger partial charge in [-0.1, -0.05) is 19.9 Å². The molecule has 0 aliphatic heterocycles. The summed E-state index contributed by atoms with van der Waals surface area (Å²) in [6.07, 6.45) is 0. The molecule has 0 saturated heterocycles. The van der Waals surface area contributed by atoms with Crippen LogP contribution in [0.5, 0.6) is 0 Å². The van der Waals surface area contributed by atoms with E-state index < -0.39 is 35.3 Å². The van der Waals surface area contributed by atoms with Gasteiger partial charge in [-0.15, -0.1) is 0 Å². The Labute approximate surface area is 90.7 Å². The fourth-order valence-corrected chi connectivity index (χ4v) is 1.38. The molecule has 2 nitrogen and oxygen atoms in total. The van der Waals surface area contributed by atoms with Gasteiger partial charge >= 0.3 is 5.97 Å². The zero-order valence-corrected chi connectivity index (χ0v) is 8.80.